The van der Waals surface area contributed by atoms with E-state index in [2.05, 4.69) is 188 Å². The summed E-state index contributed by atoms with van der Waals surface area (Å²) in [5.74, 6) is 0.708. The van der Waals surface area contributed by atoms with Crippen LogP contribution in [0.2, 0.25) is 0 Å². The van der Waals surface area contributed by atoms with E-state index in [1.165, 1.54) is 69.4 Å². The van der Waals surface area contributed by atoms with Gasteiger partial charge in [0.15, 0.2) is 5.82 Å². The lowest BCUT2D eigenvalue weighted by molar-refractivity contribution is 1.19. The molecule has 256 valence electrons. The van der Waals surface area contributed by atoms with Gasteiger partial charge < -0.3 is 0 Å². The zero-order chi connectivity index (χ0) is 36.3. The molecule has 11 aromatic rings. The van der Waals surface area contributed by atoms with Gasteiger partial charge in [-0.2, -0.15) is 0 Å². The van der Waals surface area contributed by atoms with Gasteiger partial charge in [-0.15, -0.1) is 11.3 Å². The zero-order valence-electron chi connectivity index (χ0n) is 29.8. The number of fused-ring (bicyclic) bond motifs is 6. The standard InChI is InChI=1S/C52H32N2S/c1-2-15-34(16-3-1)52-53-47(41-23-11-12-24-43(41)50-31-36-18-6-13-25-49(36)55-50)32-48(54-52)42-28-29-44(40-22-10-9-21-39(40)42)51-38-20-8-5-17-35(38)30-46-37-19-7-4-14-33(37)26-27-45(46)51/h1-32H. The first kappa shape index (κ1) is 31.6. The van der Waals surface area contributed by atoms with Crippen molar-refractivity contribution in [3.8, 4) is 55.5 Å². The first-order valence-electron chi connectivity index (χ1n) is 18.7. The number of aromatic nitrogens is 2. The van der Waals surface area contributed by atoms with Crippen molar-refractivity contribution in [3.05, 3.63) is 194 Å². The molecule has 0 radical (unpaired) electrons. The number of hydrogen-bond acceptors (Lipinski definition) is 3. The highest BCUT2D eigenvalue weighted by Gasteiger charge is 2.19. The molecule has 0 N–H and O–H groups in total. The third kappa shape index (κ3) is 5.32. The molecule has 0 fully saturated rings. The van der Waals surface area contributed by atoms with E-state index in [-0.39, 0.29) is 0 Å². The van der Waals surface area contributed by atoms with Crippen LogP contribution in [0.3, 0.4) is 0 Å². The van der Waals surface area contributed by atoms with Crippen LogP contribution in [0, 0.1) is 0 Å². The molecule has 0 aliphatic heterocycles. The van der Waals surface area contributed by atoms with Gasteiger partial charge in [0.2, 0.25) is 0 Å². The average molecular weight is 717 g/mol. The molecule has 0 bridgehead atoms. The van der Waals surface area contributed by atoms with Crippen molar-refractivity contribution in [2.45, 2.75) is 0 Å². The van der Waals surface area contributed by atoms with Crippen molar-refractivity contribution in [2.24, 2.45) is 0 Å². The van der Waals surface area contributed by atoms with Crippen molar-refractivity contribution in [1.29, 1.82) is 0 Å². The lowest BCUT2D eigenvalue weighted by Gasteiger charge is -2.18. The smallest absolute Gasteiger partial charge is 0.160 e. The molecule has 55 heavy (non-hydrogen) atoms. The van der Waals surface area contributed by atoms with Gasteiger partial charge in [-0.05, 0) is 83.9 Å². The fraction of sp³-hybridized carbons (Fsp3) is 0. The van der Waals surface area contributed by atoms with Crippen molar-refractivity contribution < 1.29 is 0 Å². The monoisotopic (exact) mass is 716 g/mol. The maximum absolute atomic E-state index is 5.31. The summed E-state index contributed by atoms with van der Waals surface area (Å²) in [4.78, 5) is 11.8. The van der Waals surface area contributed by atoms with Crippen molar-refractivity contribution >= 4 is 64.5 Å². The first-order valence-corrected chi connectivity index (χ1v) is 19.5. The van der Waals surface area contributed by atoms with E-state index in [9.17, 15) is 0 Å². The van der Waals surface area contributed by atoms with Crippen LogP contribution in [0.15, 0.2) is 194 Å². The number of thiophene rings is 1. The van der Waals surface area contributed by atoms with Gasteiger partial charge in [-0.1, -0.05) is 170 Å². The summed E-state index contributed by atoms with van der Waals surface area (Å²) in [5.41, 5.74) is 8.59. The summed E-state index contributed by atoms with van der Waals surface area (Å²) in [5, 5.41) is 11.1. The van der Waals surface area contributed by atoms with Crippen LogP contribution in [0.4, 0.5) is 0 Å². The van der Waals surface area contributed by atoms with Crippen molar-refractivity contribution in [3.63, 3.8) is 0 Å². The van der Waals surface area contributed by atoms with Crippen LogP contribution in [0.25, 0.3) is 109 Å². The van der Waals surface area contributed by atoms with Crippen molar-refractivity contribution in [2.75, 3.05) is 0 Å². The highest BCUT2D eigenvalue weighted by Crippen LogP contribution is 2.45. The van der Waals surface area contributed by atoms with Crippen LogP contribution < -0.4 is 0 Å². The summed E-state index contributed by atoms with van der Waals surface area (Å²) in [6, 6.07) is 69.8. The molecule has 2 heterocycles. The van der Waals surface area contributed by atoms with Gasteiger partial charge >= 0.3 is 0 Å². The molecule has 2 nitrogen and oxygen atoms in total. The highest BCUT2D eigenvalue weighted by molar-refractivity contribution is 7.22. The lowest BCUT2D eigenvalue weighted by Crippen LogP contribution is -1.97. The largest absolute Gasteiger partial charge is 0.228 e. The fourth-order valence-electron chi connectivity index (χ4n) is 8.33. The van der Waals surface area contributed by atoms with Crippen LogP contribution in [-0.4, -0.2) is 9.97 Å². The Bertz CT molecular complexity index is 3240. The molecule has 2 aromatic heterocycles. The van der Waals surface area contributed by atoms with Crippen LogP contribution in [0.1, 0.15) is 0 Å². The molecule has 3 heteroatoms. The van der Waals surface area contributed by atoms with Gasteiger partial charge in [0, 0.05) is 31.8 Å². The average Bonchev–Trinajstić information content (AvgIpc) is 3.70. The molecule has 0 unspecified atom stereocenters. The molecule has 0 atom stereocenters. The number of hydrogen-bond donors (Lipinski definition) is 0. The molecular formula is C52H32N2S. The Hall–Kier alpha value is -6.94. The second-order valence-electron chi connectivity index (χ2n) is 14.1. The Labute approximate surface area is 322 Å². The summed E-state index contributed by atoms with van der Waals surface area (Å²) in [6.07, 6.45) is 0. The zero-order valence-corrected chi connectivity index (χ0v) is 30.6. The summed E-state index contributed by atoms with van der Waals surface area (Å²) < 4.78 is 1.28. The second kappa shape index (κ2) is 12.9. The quantitative estimate of drug-likeness (QED) is 0.131. The Morgan fingerprint density at radius 2 is 0.927 bits per heavy atom. The number of nitrogens with zero attached hydrogens (tertiary/aromatic N) is 2. The number of rotatable bonds is 5. The molecule has 0 aliphatic rings. The minimum atomic E-state index is 0.708. The summed E-state index contributed by atoms with van der Waals surface area (Å²) >= 11 is 1.82. The normalized spacial score (nSPS) is 11.6. The van der Waals surface area contributed by atoms with Gasteiger partial charge in [-0.25, -0.2) is 9.97 Å². The molecular weight excluding hydrogens is 685 g/mol. The molecule has 0 amide bonds. The molecule has 0 saturated heterocycles. The molecule has 0 aliphatic carbocycles. The highest BCUT2D eigenvalue weighted by atomic mass is 32.1. The van der Waals surface area contributed by atoms with Crippen molar-refractivity contribution in [1.82, 2.24) is 9.97 Å². The van der Waals surface area contributed by atoms with E-state index < -0.39 is 0 Å². The SMILES string of the molecule is c1ccc(-c2nc(-c3ccccc3-c3cc4ccccc4s3)cc(-c3ccc(-c4c5ccccc5cc5c4ccc4ccccc45)c4ccccc34)n2)cc1. The Morgan fingerprint density at radius 1 is 0.327 bits per heavy atom. The summed E-state index contributed by atoms with van der Waals surface area (Å²) in [6.45, 7) is 0. The van der Waals surface area contributed by atoms with Gasteiger partial charge in [0.1, 0.15) is 0 Å². The molecule has 0 saturated carbocycles. The van der Waals surface area contributed by atoms with E-state index >= 15 is 0 Å². The van der Waals surface area contributed by atoms with E-state index in [1.807, 2.05) is 17.4 Å². The van der Waals surface area contributed by atoms with E-state index in [1.54, 1.807) is 0 Å². The minimum absolute atomic E-state index is 0.708. The van der Waals surface area contributed by atoms with E-state index in [0.29, 0.717) is 5.82 Å². The molecule has 11 rings (SSSR count). The third-order valence-corrected chi connectivity index (χ3v) is 12.0. The number of benzene rings is 9. The first-order chi connectivity index (χ1) is 27.3. The van der Waals surface area contributed by atoms with Crippen LogP contribution in [0.5, 0.6) is 0 Å². The van der Waals surface area contributed by atoms with Gasteiger partial charge in [0.05, 0.1) is 11.4 Å². The van der Waals surface area contributed by atoms with Crippen LogP contribution >= 0.6 is 11.3 Å². The Kier molecular flexibility index (Phi) is 7.39. The van der Waals surface area contributed by atoms with Gasteiger partial charge in [-0.3, -0.25) is 0 Å². The predicted molar refractivity (Wildman–Crippen MR) is 235 cm³/mol. The predicted octanol–water partition coefficient (Wildman–Crippen LogP) is 14.6. The topological polar surface area (TPSA) is 25.8 Å². The Morgan fingerprint density at radius 3 is 1.73 bits per heavy atom. The Balaban J connectivity index is 1.15. The maximum Gasteiger partial charge on any atom is 0.160 e. The van der Waals surface area contributed by atoms with E-state index in [4.69, 9.17) is 9.97 Å². The fourth-order valence-corrected chi connectivity index (χ4v) is 9.43. The molecule has 0 spiro atoms. The maximum atomic E-state index is 5.31. The van der Waals surface area contributed by atoms with Gasteiger partial charge in [0.25, 0.3) is 0 Å². The third-order valence-electron chi connectivity index (χ3n) is 10.9. The van der Waals surface area contributed by atoms with E-state index in [0.717, 1.165) is 33.5 Å². The lowest BCUT2D eigenvalue weighted by atomic mass is 9.86. The minimum Gasteiger partial charge on any atom is -0.228 e. The summed E-state index contributed by atoms with van der Waals surface area (Å²) in [7, 11) is 0. The molecule has 9 aromatic carbocycles. The van der Waals surface area contributed by atoms with Crippen LogP contribution in [-0.2, 0) is 0 Å². The second-order valence-corrected chi connectivity index (χ2v) is 15.2.